The number of carbonyl (C=O) groups excluding carboxylic acids is 2. The van der Waals surface area contributed by atoms with Crippen molar-refractivity contribution in [3.05, 3.63) is 65.2 Å². The first-order valence-electron chi connectivity index (χ1n) is 9.62. The van der Waals surface area contributed by atoms with Gasteiger partial charge in [0.25, 0.3) is 5.91 Å². The quantitative estimate of drug-likeness (QED) is 0.669. The van der Waals surface area contributed by atoms with Crippen molar-refractivity contribution in [3.8, 4) is 5.75 Å². The summed E-state index contributed by atoms with van der Waals surface area (Å²) in [6.07, 6.45) is 1.46. The summed E-state index contributed by atoms with van der Waals surface area (Å²) in [5.74, 6) is -0.935. The molecule has 0 unspecified atom stereocenters. The third-order valence-electron chi connectivity index (χ3n) is 5.21. The molecule has 8 heteroatoms. The van der Waals surface area contributed by atoms with E-state index in [0.29, 0.717) is 18.7 Å². The van der Waals surface area contributed by atoms with E-state index < -0.39 is 5.82 Å². The van der Waals surface area contributed by atoms with Gasteiger partial charge in [-0.3, -0.25) is 9.59 Å². The van der Waals surface area contributed by atoms with E-state index in [1.165, 1.54) is 49.6 Å². The standard InChI is InChI=1S/C22H24F2N2O3.ClH/c1-29-20-14-18(24)6-7-19(20)22(28)25-10-13-26-11-8-16(9-12-26)21(27)15-2-4-17(23)5-3-15;/h2-7,14,16H,8-13H2,1H3,(H,25,28);1H. The van der Waals surface area contributed by atoms with Gasteiger partial charge in [0.2, 0.25) is 0 Å². The average Bonchev–Trinajstić information content (AvgIpc) is 2.74. The van der Waals surface area contributed by atoms with Crippen LogP contribution < -0.4 is 10.1 Å². The maximum absolute atomic E-state index is 13.2. The minimum Gasteiger partial charge on any atom is -0.496 e. The summed E-state index contributed by atoms with van der Waals surface area (Å²) >= 11 is 0. The van der Waals surface area contributed by atoms with Crippen molar-refractivity contribution in [3.63, 3.8) is 0 Å². The Morgan fingerprint density at radius 3 is 2.33 bits per heavy atom. The molecule has 0 aliphatic carbocycles. The Bertz CT molecular complexity index is 869. The number of piperidine rings is 1. The second-order valence-corrected chi connectivity index (χ2v) is 7.09. The van der Waals surface area contributed by atoms with Gasteiger partial charge in [0.05, 0.1) is 12.7 Å². The lowest BCUT2D eigenvalue weighted by Gasteiger charge is -2.31. The van der Waals surface area contributed by atoms with E-state index in [1.807, 2.05) is 0 Å². The highest BCUT2D eigenvalue weighted by molar-refractivity contribution is 5.98. The normalized spacial score (nSPS) is 14.6. The molecule has 30 heavy (non-hydrogen) atoms. The van der Waals surface area contributed by atoms with E-state index in [4.69, 9.17) is 4.74 Å². The zero-order valence-electron chi connectivity index (χ0n) is 16.7. The molecule has 0 bridgehead atoms. The molecule has 0 aromatic heterocycles. The minimum absolute atomic E-state index is 0. The Balaban J connectivity index is 0.00000320. The van der Waals surface area contributed by atoms with Gasteiger partial charge < -0.3 is 15.0 Å². The van der Waals surface area contributed by atoms with Crippen molar-refractivity contribution in [2.24, 2.45) is 5.92 Å². The van der Waals surface area contributed by atoms with Crippen LogP contribution in [0.15, 0.2) is 42.5 Å². The fourth-order valence-corrected chi connectivity index (χ4v) is 3.54. The molecule has 0 radical (unpaired) electrons. The van der Waals surface area contributed by atoms with Crippen LogP contribution in [0.4, 0.5) is 8.78 Å². The zero-order valence-corrected chi connectivity index (χ0v) is 17.5. The molecule has 0 saturated carbocycles. The lowest BCUT2D eigenvalue weighted by atomic mass is 9.89. The smallest absolute Gasteiger partial charge is 0.255 e. The maximum Gasteiger partial charge on any atom is 0.255 e. The molecule has 0 spiro atoms. The number of hydrogen-bond acceptors (Lipinski definition) is 4. The maximum atomic E-state index is 13.2. The molecule has 1 heterocycles. The highest BCUT2D eigenvalue weighted by Crippen LogP contribution is 2.22. The van der Waals surface area contributed by atoms with Gasteiger partial charge in [0.1, 0.15) is 17.4 Å². The third kappa shape index (κ3) is 6.00. The molecule has 5 nitrogen and oxygen atoms in total. The van der Waals surface area contributed by atoms with E-state index in [-0.39, 0.29) is 47.1 Å². The van der Waals surface area contributed by atoms with Crippen LogP contribution in [0, 0.1) is 17.6 Å². The predicted octanol–water partition coefficient (Wildman–Crippen LogP) is 3.72. The summed E-state index contributed by atoms with van der Waals surface area (Å²) in [4.78, 5) is 27.0. The topological polar surface area (TPSA) is 58.6 Å². The highest BCUT2D eigenvalue weighted by atomic mass is 35.5. The molecular formula is C22H25ClF2N2O3. The molecule has 1 amide bonds. The van der Waals surface area contributed by atoms with Gasteiger partial charge in [-0.1, -0.05) is 0 Å². The monoisotopic (exact) mass is 438 g/mol. The third-order valence-corrected chi connectivity index (χ3v) is 5.21. The number of benzene rings is 2. The van der Waals surface area contributed by atoms with E-state index in [9.17, 15) is 18.4 Å². The number of hydrogen-bond donors (Lipinski definition) is 1. The van der Waals surface area contributed by atoms with Gasteiger partial charge >= 0.3 is 0 Å². The number of nitrogens with zero attached hydrogens (tertiary/aromatic N) is 1. The van der Waals surface area contributed by atoms with Crippen LogP contribution in [0.2, 0.25) is 0 Å². The average molecular weight is 439 g/mol. The molecule has 1 aliphatic heterocycles. The van der Waals surface area contributed by atoms with Crippen LogP contribution in [-0.4, -0.2) is 49.9 Å². The number of ketones is 1. The molecular weight excluding hydrogens is 414 g/mol. The van der Waals surface area contributed by atoms with Crippen LogP contribution in [0.5, 0.6) is 5.75 Å². The number of ether oxygens (including phenoxy) is 1. The van der Waals surface area contributed by atoms with Crippen molar-refractivity contribution < 1.29 is 23.1 Å². The van der Waals surface area contributed by atoms with E-state index in [2.05, 4.69) is 10.2 Å². The first-order chi connectivity index (χ1) is 14.0. The SMILES string of the molecule is COc1cc(F)ccc1C(=O)NCCN1CCC(C(=O)c2ccc(F)cc2)CC1.Cl. The summed E-state index contributed by atoms with van der Waals surface area (Å²) in [6, 6.07) is 9.48. The lowest BCUT2D eigenvalue weighted by molar-refractivity contribution is 0.0839. The van der Waals surface area contributed by atoms with Crippen LogP contribution in [0.3, 0.4) is 0 Å². The summed E-state index contributed by atoms with van der Waals surface area (Å²) in [6.45, 7) is 2.61. The molecule has 3 rings (SSSR count). The first-order valence-corrected chi connectivity index (χ1v) is 9.62. The molecule has 1 saturated heterocycles. The number of Topliss-reactive ketones (excluding diaryl/α,β-unsaturated/α-hetero) is 1. The molecule has 1 aliphatic rings. The Hall–Kier alpha value is -2.51. The summed E-state index contributed by atoms with van der Waals surface area (Å²) in [5.41, 5.74) is 0.836. The number of methoxy groups -OCH3 is 1. The Morgan fingerprint density at radius 1 is 1.07 bits per heavy atom. The first kappa shape index (κ1) is 23.8. The van der Waals surface area contributed by atoms with Gasteiger partial charge in [-0.05, 0) is 62.3 Å². The number of amides is 1. The lowest BCUT2D eigenvalue weighted by Crippen LogP contribution is -2.41. The minimum atomic E-state index is -0.462. The van der Waals surface area contributed by atoms with Crippen molar-refractivity contribution >= 4 is 24.1 Å². The van der Waals surface area contributed by atoms with Gasteiger partial charge in [0.15, 0.2) is 5.78 Å². The second-order valence-electron chi connectivity index (χ2n) is 7.09. The van der Waals surface area contributed by atoms with Gasteiger partial charge in [0, 0.05) is 30.6 Å². The second kappa shape index (κ2) is 11.0. The van der Waals surface area contributed by atoms with Crippen molar-refractivity contribution in [2.45, 2.75) is 12.8 Å². The van der Waals surface area contributed by atoms with E-state index >= 15 is 0 Å². The Labute approximate surface area is 180 Å². The number of nitrogens with one attached hydrogen (secondary N) is 1. The largest absolute Gasteiger partial charge is 0.496 e. The van der Waals surface area contributed by atoms with Crippen LogP contribution in [0.25, 0.3) is 0 Å². The number of halogens is 3. The fraction of sp³-hybridized carbons (Fsp3) is 0.364. The van der Waals surface area contributed by atoms with Crippen LogP contribution in [0.1, 0.15) is 33.6 Å². The zero-order chi connectivity index (χ0) is 20.8. The predicted molar refractivity (Wildman–Crippen MR) is 112 cm³/mol. The summed E-state index contributed by atoms with van der Waals surface area (Å²) < 4.78 is 31.3. The van der Waals surface area contributed by atoms with Crippen molar-refractivity contribution in [2.75, 3.05) is 33.3 Å². The molecule has 2 aromatic carbocycles. The number of likely N-dealkylation sites (tertiary alicyclic amines) is 1. The molecule has 162 valence electrons. The number of rotatable bonds is 7. The van der Waals surface area contributed by atoms with Crippen molar-refractivity contribution in [1.82, 2.24) is 10.2 Å². The van der Waals surface area contributed by atoms with Gasteiger partial charge in [-0.15, -0.1) is 12.4 Å². The van der Waals surface area contributed by atoms with E-state index in [0.717, 1.165) is 25.9 Å². The molecule has 0 atom stereocenters. The van der Waals surface area contributed by atoms with Crippen LogP contribution >= 0.6 is 12.4 Å². The van der Waals surface area contributed by atoms with E-state index in [1.54, 1.807) is 0 Å². The summed E-state index contributed by atoms with van der Waals surface area (Å²) in [5, 5.41) is 2.82. The number of carbonyl (C=O) groups is 2. The molecule has 1 fully saturated rings. The Morgan fingerprint density at radius 2 is 1.70 bits per heavy atom. The van der Waals surface area contributed by atoms with Crippen molar-refractivity contribution in [1.29, 1.82) is 0 Å². The van der Waals surface area contributed by atoms with Gasteiger partial charge in [-0.2, -0.15) is 0 Å². The fourth-order valence-electron chi connectivity index (χ4n) is 3.54. The Kier molecular flexibility index (Phi) is 8.74. The van der Waals surface area contributed by atoms with Gasteiger partial charge in [-0.25, -0.2) is 8.78 Å². The molecule has 2 aromatic rings. The highest BCUT2D eigenvalue weighted by Gasteiger charge is 2.25. The summed E-state index contributed by atoms with van der Waals surface area (Å²) in [7, 11) is 1.39. The van der Waals surface area contributed by atoms with Crippen LogP contribution in [-0.2, 0) is 0 Å². The molecule has 1 N–H and O–H groups in total.